The molecule has 0 unspecified atom stereocenters. The number of nitriles is 1. The minimum atomic E-state index is -0.534. The van der Waals surface area contributed by atoms with Crippen LogP contribution >= 0.6 is 23.4 Å². The van der Waals surface area contributed by atoms with E-state index < -0.39 is 5.25 Å². The van der Waals surface area contributed by atoms with Crippen molar-refractivity contribution in [1.82, 2.24) is 9.55 Å². The van der Waals surface area contributed by atoms with Crippen LogP contribution in [0.1, 0.15) is 25.8 Å². The summed E-state index contributed by atoms with van der Waals surface area (Å²) in [6.45, 7) is 4.21. The molecule has 0 radical (unpaired) electrons. The normalized spacial score (nSPS) is 11.8. The van der Waals surface area contributed by atoms with Gasteiger partial charge in [-0.3, -0.25) is 14.2 Å². The van der Waals surface area contributed by atoms with Crippen LogP contribution in [-0.4, -0.2) is 20.7 Å². The fourth-order valence-electron chi connectivity index (χ4n) is 2.82. The molecule has 1 aromatic heterocycles. The van der Waals surface area contributed by atoms with Crippen LogP contribution in [0, 0.1) is 11.3 Å². The number of hydrogen-bond donors (Lipinski definition) is 1. The highest BCUT2D eigenvalue weighted by Gasteiger charge is 2.20. The van der Waals surface area contributed by atoms with E-state index >= 15 is 0 Å². The smallest absolute Gasteiger partial charge is 0.262 e. The van der Waals surface area contributed by atoms with Crippen LogP contribution in [0.25, 0.3) is 10.9 Å². The lowest BCUT2D eigenvalue weighted by Gasteiger charge is -2.16. The third-order valence-electron chi connectivity index (χ3n) is 4.29. The number of aromatic nitrogens is 2. The van der Waals surface area contributed by atoms with Crippen LogP contribution in [0.5, 0.6) is 0 Å². The van der Waals surface area contributed by atoms with Gasteiger partial charge in [0.25, 0.3) is 5.56 Å². The van der Waals surface area contributed by atoms with E-state index in [1.165, 1.54) is 11.8 Å². The fraction of sp³-hybridized carbons (Fsp3) is 0.238. The van der Waals surface area contributed by atoms with E-state index in [2.05, 4.69) is 16.4 Å². The maximum Gasteiger partial charge on any atom is 0.262 e. The van der Waals surface area contributed by atoms with Crippen LogP contribution < -0.4 is 10.9 Å². The number of anilines is 1. The average Bonchev–Trinajstić information content (AvgIpc) is 2.71. The summed E-state index contributed by atoms with van der Waals surface area (Å²) in [5, 5.41) is 12.9. The van der Waals surface area contributed by atoms with E-state index in [4.69, 9.17) is 11.6 Å². The zero-order chi connectivity index (χ0) is 21.0. The lowest BCUT2D eigenvalue weighted by molar-refractivity contribution is -0.115. The largest absolute Gasteiger partial charge is 0.324 e. The van der Waals surface area contributed by atoms with Crippen LogP contribution in [0.2, 0.25) is 5.02 Å². The van der Waals surface area contributed by atoms with Crippen molar-refractivity contribution in [2.24, 2.45) is 0 Å². The van der Waals surface area contributed by atoms with Gasteiger partial charge in [0.15, 0.2) is 5.16 Å². The molecule has 0 spiro atoms. The fourth-order valence-corrected chi connectivity index (χ4v) is 3.92. The number of hydrogen-bond acceptors (Lipinski definition) is 5. The van der Waals surface area contributed by atoms with E-state index in [0.717, 1.165) is 6.42 Å². The molecule has 3 aromatic rings. The molecule has 0 bridgehead atoms. The molecular weight excluding hydrogens is 408 g/mol. The molecule has 1 heterocycles. The molecule has 0 aliphatic carbocycles. The van der Waals surface area contributed by atoms with Gasteiger partial charge in [0.2, 0.25) is 5.91 Å². The molecule has 8 heteroatoms. The predicted octanol–water partition coefficient (Wildman–Crippen LogP) is 4.45. The lowest BCUT2D eigenvalue weighted by atomic mass is 10.2. The molecule has 0 fully saturated rings. The molecule has 0 aliphatic heterocycles. The minimum Gasteiger partial charge on any atom is -0.324 e. The minimum absolute atomic E-state index is 0.154. The number of amides is 1. The molecule has 0 saturated carbocycles. The quantitative estimate of drug-likeness (QED) is 0.464. The van der Waals surface area contributed by atoms with Crippen molar-refractivity contribution in [3.05, 3.63) is 63.4 Å². The van der Waals surface area contributed by atoms with Crippen LogP contribution in [-0.2, 0) is 11.3 Å². The van der Waals surface area contributed by atoms with Crippen molar-refractivity contribution >= 4 is 45.9 Å². The second-order valence-electron chi connectivity index (χ2n) is 6.42. The van der Waals surface area contributed by atoms with Gasteiger partial charge in [0, 0.05) is 11.6 Å². The second kappa shape index (κ2) is 9.12. The Balaban J connectivity index is 1.91. The van der Waals surface area contributed by atoms with E-state index in [1.807, 2.05) is 6.92 Å². The zero-order valence-electron chi connectivity index (χ0n) is 16.0. The van der Waals surface area contributed by atoms with Gasteiger partial charge in [0.05, 0.1) is 27.4 Å². The maximum atomic E-state index is 12.9. The van der Waals surface area contributed by atoms with Crippen molar-refractivity contribution in [1.29, 1.82) is 5.26 Å². The van der Waals surface area contributed by atoms with Crippen molar-refractivity contribution in [2.45, 2.75) is 37.2 Å². The first kappa shape index (κ1) is 20.9. The molecule has 1 atom stereocenters. The molecule has 148 valence electrons. The third kappa shape index (κ3) is 4.61. The Labute approximate surface area is 177 Å². The van der Waals surface area contributed by atoms with E-state index in [0.29, 0.717) is 38.9 Å². The van der Waals surface area contributed by atoms with Crippen molar-refractivity contribution in [3.63, 3.8) is 0 Å². The van der Waals surface area contributed by atoms with Gasteiger partial charge in [0.1, 0.15) is 6.07 Å². The summed E-state index contributed by atoms with van der Waals surface area (Å²) >= 11 is 7.25. The SMILES string of the molecule is CCCn1c(S[C@H](C)C(=O)Nc2ccccc2C#N)nc2cc(Cl)ccc2c1=O. The number of fused-ring (bicyclic) bond motifs is 1. The van der Waals surface area contributed by atoms with E-state index in [1.54, 1.807) is 54.0 Å². The van der Waals surface area contributed by atoms with Gasteiger partial charge in [-0.1, -0.05) is 42.4 Å². The number of nitrogens with zero attached hydrogens (tertiary/aromatic N) is 3. The topological polar surface area (TPSA) is 87.8 Å². The van der Waals surface area contributed by atoms with Crippen LogP contribution in [0.15, 0.2) is 52.4 Å². The number of para-hydroxylation sites is 1. The van der Waals surface area contributed by atoms with Crippen molar-refractivity contribution in [2.75, 3.05) is 5.32 Å². The molecule has 6 nitrogen and oxygen atoms in total. The number of nitrogens with one attached hydrogen (secondary N) is 1. The average molecular weight is 427 g/mol. The van der Waals surface area contributed by atoms with E-state index in [-0.39, 0.29) is 11.5 Å². The van der Waals surface area contributed by atoms with Gasteiger partial charge >= 0.3 is 0 Å². The predicted molar refractivity (Wildman–Crippen MR) is 116 cm³/mol. The summed E-state index contributed by atoms with van der Waals surface area (Å²) in [5.41, 5.74) is 1.19. The summed E-state index contributed by atoms with van der Waals surface area (Å²) < 4.78 is 1.59. The molecule has 0 aliphatic rings. The maximum absolute atomic E-state index is 12.9. The summed E-state index contributed by atoms with van der Waals surface area (Å²) in [6, 6.07) is 13.8. The Hall–Kier alpha value is -2.82. The highest BCUT2D eigenvalue weighted by molar-refractivity contribution is 8.00. The Morgan fingerprint density at radius 3 is 2.83 bits per heavy atom. The molecular formula is C21H19ClN4O2S. The highest BCUT2D eigenvalue weighted by Crippen LogP contribution is 2.25. The Morgan fingerprint density at radius 2 is 2.10 bits per heavy atom. The first-order valence-corrected chi connectivity index (χ1v) is 10.4. The number of halogens is 1. The number of rotatable bonds is 6. The van der Waals surface area contributed by atoms with Gasteiger partial charge in [-0.25, -0.2) is 4.98 Å². The molecule has 1 amide bonds. The number of carbonyl (C=O) groups is 1. The Morgan fingerprint density at radius 1 is 1.34 bits per heavy atom. The molecule has 29 heavy (non-hydrogen) atoms. The second-order valence-corrected chi connectivity index (χ2v) is 8.16. The summed E-state index contributed by atoms with van der Waals surface area (Å²) in [5.74, 6) is -0.277. The Kier molecular flexibility index (Phi) is 6.57. The summed E-state index contributed by atoms with van der Waals surface area (Å²) in [4.78, 5) is 30.2. The van der Waals surface area contributed by atoms with Gasteiger partial charge in [-0.2, -0.15) is 5.26 Å². The van der Waals surface area contributed by atoms with E-state index in [9.17, 15) is 14.9 Å². The monoisotopic (exact) mass is 426 g/mol. The molecule has 1 N–H and O–H groups in total. The van der Waals surface area contributed by atoms with Crippen molar-refractivity contribution < 1.29 is 4.79 Å². The van der Waals surface area contributed by atoms with Gasteiger partial charge < -0.3 is 5.32 Å². The van der Waals surface area contributed by atoms with Gasteiger partial charge in [-0.15, -0.1) is 0 Å². The standard InChI is InChI=1S/C21H19ClN4O2S/c1-3-10-26-20(28)16-9-8-15(22)11-18(16)25-21(26)29-13(2)19(27)24-17-7-5-4-6-14(17)12-23/h4-9,11,13H,3,10H2,1-2H3,(H,24,27)/t13-/m1/s1. The first-order chi connectivity index (χ1) is 13.9. The summed E-state index contributed by atoms with van der Waals surface area (Å²) in [7, 11) is 0. The molecule has 0 saturated heterocycles. The number of benzene rings is 2. The van der Waals surface area contributed by atoms with Crippen LogP contribution in [0.3, 0.4) is 0 Å². The number of thioether (sulfide) groups is 1. The zero-order valence-corrected chi connectivity index (χ0v) is 17.5. The lowest BCUT2D eigenvalue weighted by Crippen LogP contribution is -2.27. The Bertz CT molecular complexity index is 1170. The third-order valence-corrected chi connectivity index (χ3v) is 5.61. The number of carbonyl (C=O) groups excluding carboxylic acids is 1. The highest BCUT2D eigenvalue weighted by atomic mass is 35.5. The van der Waals surface area contributed by atoms with Crippen LogP contribution in [0.4, 0.5) is 5.69 Å². The molecule has 3 rings (SSSR count). The van der Waals surface area contributed by atoms with Gasteiger partial charge in [-0.05, 0) is 43.7 Å². The summed E-state index contributed by atoms with van der Waals surface area (Å²) in [6.07, 6.45) is 0.754. The first-order valence-electron chi connectivity index (χ1n) is 9.11. The van der Waals surface area contributed by atoms with Crippen molar-refractivity contribution in [3.8, 4) is 6.07 Å². The molecule has 2 aromatic carbocycles.